The molecule has 0 aromatic rings. The average Bonchev–Trinajstić information content (AvgIpc) is 2.96. The Morgan fingerprint density at radius 3 is 2.67 bits per heavy atom. The summed E-state index contributed by atoms with van der Waals surface area (Å²) in [5.74, 6) is 3.43. The summed E-state index contributed by atoms with van der Waals surface area (Å²) in [6.07, 6.45) is 8.87. The quantitative estimate of drug-likeness (QED) is 0.686. The first-order valence-electron chi connectivity index (χ1n) is 9.90. The predicted molar refractivity (Wildman–Crippen MR) is 91.1 cm³/mol. The molecule has 5 aliphatic rings. The van der Waals surface area contributed by atoms with Gasteiger partial charge in [0.05, 0.1) is 13.2 Å². The second-order valence-corrected chi connectivity index (χ2v) is 9.68. The molecule has 4 aliphatic carbocycles. The molecule has 1 spiro atoms. The fraction of sp³-hybridized carbons (Fsp3) is 0.857. The third-order valence-corrected chi connectivity index (χ3v) is 8.46. The van der Waals surface area contributed by atoms with Crippen molar-refractivity contribution in [3.63, 3.8) is 0 Å². The number of rotatable bonds is 1. The topological polar surface area (TPSA) is 35.5 Å². The summed E-state index contributed by atoms with van der Waals surface area (Å²) >= 11 is 0. The van der Waals surface area contributed by atoms with Crippen LogP contribution in [0.5, 0.6) is 0 Å². The smallest absolute Gasteiger partial charge is 0.160 e. The summed E-state index contributed by atoms with van der Waals surface area (Å²) < 4.78 is 11.6. The van der Waals surface area contributed by atoms with Gasteiger partial charge in [-0.2, -0.15) is 0 Å². The second-order valence-electron chi connectivity index (χ2n) is 9.68. The highest BCUT2D eigenvalue weighted by molar-refractivity contribution is 5.90. The molecule has 7 atom stereocenters. The molecule has 1 heterocycles. The summed E-state index contributed by atoms with van der Waals surface area (Å²) in [7, 11) is 0. The monoisotopic (exact) mass is 330 g/mol. The van der Waals surface area contributed by atoms with Gasteiger partial charge in [0.1, 0.15) is 5.78 Å². The molecule has 0 aromatic carbocycles. The Balaban J connectivity index is 1.53. The van der Waals surface area contributed by atoms with Crippen LogP contribution in [0.3, 0.4) is 0 Å². The lowest BCUT2D eigenvalue weighted by Crippen LogP contribution is -2.43. The molecule has 24 heavy (non-hydrogen) atoms. The van der Waals surface area contributed by atoms with Crippen molar-refractivity contribution >= 4 is 5.78 Å². The largest absolute Gasteiger partial charge is 0.350 e. The number of ether oxygens (including phenoxy) is 2. The molecule has 5 rings (SSSR count). The Morgan fingerprint density at radius 2 is 1.92 bits per heavy atom. The van der Waals surface area contributed by atoms with E-state index < -0.39 is 0 Å². The van der Waals surface area contributed by atoms with E-state index in [2.05, 4.69) is 32.9 Å². The van der Waals surface area contributed by atoms with E-state index in [-0.39, 0.29) is 17.6 Å². The van der Waals surface area contributed by atoms with Crippen LogP contribution in [0.4, 0.5) is 0 Å². The Labute approximate surface area is 145 Å². The van der Waals surface area contributed by atoms with Crippen molar-refractivity contribution in [2.45, 2.75) is 52.7 Å². The minimum Gasteiger partial charge on any atom is -0.350 e. The van der Waals surface area contributed by atoms with Gasteiger partial charge in [-0.1, -0.05) is 32.9 Å². The lowest BCUT2D eigenvalue weighted by Gasteiger charge is -2.39. The maximum Gasteiger partial charge on any atom is 0.160 e. The van der Waals surface area contributed by atoms with Crippen molar-refractivity contribution in [1.29, 1.82) is 0 Å². The minimum atomic E-state index is -0.152. The van der Waals surface area contributed by atoms with Crippen LogP contribution < -0.4 is 0 Å². The fourth-order valence-corrected chi connectivity index (χ4v) is 7.18. The van der Waals surface area contributed by atoms with E-state index in [1.807, 2.05) is 0 Å². The Kier molecular flexibility index (Phi) is 3.21. The summed E-state index contributed by atoms with van der Waals surface area (Å²) in [5.41, 5.74) is 0.209. The molecule has 4 fully saturated rings. The third-order valence-electron chi connectivity index (χ3n) is 8.46. The molecule has 3 saturated carbocycles. The van der Waals surface area contributed by atoms with E-state index in [9.17, 15) is 4.79 Å². The van der Waals surface area contributed by atoms with Crippen LogP contribution in [0.1, 0.15) is 46.5 Å². The van der Waals surface area contributed by atoms with E-state index in [1.54, 1.807) is 0 Å². The SMILES string of the molecule is C[C@@H]1C[C@@H]2[C@H]([C@@H]3CC=C[C@@H]4C[C@H](C5OCCO5)C[C@@]14C3=O)C2(C)C. The molecule has 3 heteroatoms. The van der Waals surface area contributed by atoms with E-state index in [0.29, 0.717) is 48.1 Å². The lowest BCUT2D eigenvalue weighted by atomic mass is 9.62. The third kappa shape index (κ3) is 1.83. The zero-order chi connectivity index (χ0) is 16.7. The zero-order valence-corrected chi connectivity index (χ0v) is 15.2. The molecule has 1 saturated heterocycles. The maximum atomic E-state index is 13.8. The van der Waals surface area contributed by atoms with Crippen LogP contribution in [0.15, 0.2) is 12.2 Å². The first-order valence-corrected chi connectivity index (χ1v) is 9.90. The molecule has 2 bridgehead atoms. The summed E-state index contributed by atoms with van der Waals surface area (Å²) in [4.78, 5) is 13.8. The van der Waals surface area contributed by atoms with Gasteiger partial charge >= 0.3 is 0 Å². The Morgan fingerprint density at radius 1 is 1.17 bits per heavy atom. The number of carbonyl (C=O) groups excluding carboxylic acids is 1. The Hall–Kier alpha value is -0.670. The minimum absolute atomic E-state index is 0.0765. The van der Waals surface area contributed by atoms with E-state index in [4.69, 9.17) is 9.47 Å². The van der Waals surface area contributed by atoms with Gasteiger partial charge in [-0.05, 0) is 54.8 Å². The highest BCUT2D eigenvalue weighted by atomic mass is 16.7. The maximum absolute atomic E-state index is 13.8. The van der Waals surface area contributed by atoms with E-state index >= 15 is 0 Å². The molecule has 0 unspecified atom stereocenters. The van der Waals surface area contributed by atoms with Crippen LogP contribution >= 0.6 is 0 Å². The number of ketones is 1. The number of fused-ring (bicyclic) bond motifs is 3. The van der Waals surface area contributed by atoms with Crippen molar-refractivity contribution in [3.05, 3.63) is 12.2 Å². The normalized spacial score (nSPS) is 52.5. The highest BCUT2D eigenvalue weighted by Crippen LogP contribution is 2.71. The molecule has 0 aromatic heterocycles. The van der Waals surface area contributed by atoms with E-state index in [0.717, 1.165) is 25.2 Å². The van der Waals surface area contributed by atoms with E-state index in [1.165, 1.54) is 6.42 Å². The molecule has 1 aliphatic heterocycles. The number of Topliss-reactive ketones (excluding diaryl/α,β-unsaturated/α-hetero) is 1. The van der Waals surface area contributed by atoms with Crippen molar-refractivity contribution in [2.75, 3.05) is 13.2 Å². The van der Waals surface area contributed by atoms with Gasteiger partial charge in [0.25, 0.3) is 0 Å². The molecule has 0 amide bonds. The first-order chi connectivity index (χ1) is 11.5. The average molecular weight is 330 g/mol. The van der Waals surface area contributed by atoms with Gasteiger partial charge in [0.15, 0.2) is 6.29 Å². The van der Waals surface area contributed by atoms with Crippen LogP contribution in [0.2, 0.25) is 0 Å². The van der Waals surface area contributed by atoms with Gasteiger partial charge in [-0.25, -0.2) is 0 Å². The number of hydrogen-bond acceptors (Lipinski definition) is 3. The van der Waals surface area contributed by atoms with Crippen LogP contribution in [0.25, 0.3) is 0 Å². The number of hydrogen-bond donors (Lipinski definition) is 0. The molecule has 132 valence electrons. The van der Waals surface area contributed by atoms with Crippen LogP contribution in [-0.2, 0) is 14.3 Å². The van der Waals surface area contributed by atoms with Crippen molar-refractivity contribution in [1.82, 2.24) is 0 Å². The number of carbonyl (C=O) groups is 1. The molecular weight excluding hydrogens is 300 g/mol. The molecule has 0 radical (unpaired) electrons. The zero-order valence-electron chi connectivity index (χ0n) is 15.2. The van der Waals surface area contributed by atoms with Gasteiger partial charge < -0.3 is 9.47 Å². The Bertz CT molecular complexity index is 588. The fourth-order valence-electron chi connectivity index (χ4n) is 7.18. The van der Waals surface area contributed by atoms with Crippen molar-refractivity contribution in [2.24, 2.45) is 46.3 Å². The highest BCUT2D eigenvalue weighted by Gasteiger charge is 2.69. The van der Waals surface area contributed by atoms with Crippen LogP contribution in [-0.4, -0.2) is 25.3 Å². The first kappa shape index (κ1) is 15.6. The van der Waals surface area contributed by atoms with Crippen LogP contribution in [0, 0.1) is 46.3 Å². The summed E-state index contributed by atoms with van der Waals surface area (Å²) in [6.45, 7) is 8.53. The van der Waals surface area contributed by atoms with Gasteiger partial charge in [0.2, 0.25) is 0 Å². The molecule has 0 N–H and O–H groups in total. The summed E-state index contributed by atoms with van der Waals surface area (Å²) in [6, 6.07) is 0. The van der Waals surface area contributed by atoms with Gasteiger partial charge in [-0.3, -0.25) is 4.79 Å². The van der Waals surface area contributed by atoms with Gasteiger partial charge in [0, 0.05) is 17.3 Å². The van der Waals surface area contributed by atoms with Crippen molar-refractivity contribution < 1.29 is 14.3 Å². The standard InChI is InChI=1S/C21H30O3/c1-12-9-16-17(20(16,2)3)15-6-4-5-14-10-13(19-23-7-8-24-19)11-21(12,14)18(15)22/h4-5,12-17,19H,6-11H2,1-3H3/t12-,13+,14-,15+,16-,17+,21-/m1/s1. The van der Waals surface area contributed by atoms with Crippen molar-refractivity contribution in [3.8, 4) is 0 Å². The predicted octanol–water partition coefficient (Wildman–Crippen LogP) is 3.83. The number of allylic oxidation sites excluding steroid dienone is 2. The molecular formula is C21H30O3. The summed E-state index contributed by atoms with van der Waals surface area (Å²) in [5, 5.41) is 0. The van der Waals surface area contributed by atoms with Gasteiger partial charge in [-0.15, -0.1) is 0 Å². The molecule has 3 nitrogen and oxygen atoms in total. The second kappa shape index (κ2) is 4.94. The lowest BCUT2D eigenvalue weighted by molar-refractivity contribution is -0.138.